The average molecular weight is 263 g/mol. The van der Waals surface area contributed by atoms with Crippen LogP contribution >= 0.6 is 0 Å². The standard InChI is InChI=1S/C15H15F2NO/c1-10(15-13(16)3-2-4-14(15)17)18-9-11-5-7-12(19)8-6-11/h2-8,10,18-19H,9H2,1H3. The van der Waals surface area contributed by atoms with Gasteiger partial charge in [0.25, 0.3) is 0 Å². The van der Waals surface area contributed by atoms with Crippen molar-refractivity contribution >= 4 is 0 Å². The Kier molecular flexibility index (Phi) is 4.12. The molecule has 2 N–H and O–H groups in total. The van der Waals surface area contributed by atoms with Crippen molar-refractivity contribution in [1.82, 2.24) is 5.32 Å². The van der Waals surface area contributed by atoms with E-state index >= 15 is 0 Å². The minimum Gasteiger partial charge on any atom is -0.508 e. The van der Waals surface area contributed by atoms with E-state index < -0.39 is 17.7 Å². The first-order chi connectivity index (χ1) is 9.08. The second-order valence-corrected chi connectivity index (χ2v) is 4.40. The van der Waals surface area contributed by atoms with Crippen LogP contribution in [0.15, 0.2) is 42.5 Å². The highest BCUT2D eigenvalue weighted by molar-refractivity contribution is 5.26. The second kappa shape index (κ2) is 5.80. The van der Waals surface area contributed by atoms with E-state index in [4.69, 9.17) is 5.11 Å². The van der Waals surface area contributed by atoms with Crippen molar-refractivity contribution in [3.05, 3.63) is 65.2 Å². The van der Waals surface area contributed by atoms with E-state index in [0.29, 0.717) is 6.54 Å². The largest absolute Gasteiger partial charge is 0.508 e. The van der Waals surface area contributed by atoms with E-state index in [2.05, 4.69) is 5.32 Å². The number of nitrogens with one attached hydrogen (secondary N) is 1. The van der Waals surface area contributed by atoms with E-state index in [1.54, 1.807) is 31.2 Å². The molecule has 0 amide bonds. The molecule has 0 aliphatic rings. The maximum absolute atomic E-state index is 13.6. The molecule has 100 valence electrons. The maximum atomic E-state index is 13.6. The van der Waals surface area contributed by atoms with Gasteiger partial charge in [0.15, 0.2) is 0 Å². The molecule has 0 heterocycles. The van der Waals surface area contributed by atoms with Gasteiger partial charge in [0, 0.05) is 18.2 Å². The lowest BCUT2D eigenvalue weighted by Gasteiger charge is -2.15. The van der Waals surface area contributed by atoms with Gasteiger partial charge in [0.1, 0.15) is 17.4 Å². The van der Waals surface area contributed by atoms with E-state index in [1.807, 2.05) is 0 Å². The third kappa shape index (κ3) is 3.29. The van der Waals surface area contributed by atoms with Crippen LogP contribution in [0.5, 0.6) is 5.75 Å². The Morgan fingerprint density at radius 1 is 1.05 bits per heavy atom. The van der Waals surface area contributed by atoms with Gasteiger partial charge >= 0.3 is 0 Å². The Bertz CT molecular complexity index is 534. The average Bonchev–Trinajstić information content (AvgIpc) is 2.38. The molecule has 2 aromatic carbocycles. The number of aromatic hydroxyl groups is 1. The van der Waals surface area contributed by atoms with Crippen molar-refractivity contribution in [3.63, 3.8) is 0 Å². The molecule has 0 aliphatic carbocycles. The lowest BCUT2D eigenvalue weighted by molar-refractivity contribution is 0.474. The van der Waals surface area contributed by atoms with Gasteiger partial charge in [-0.15, -0.1) is 0 Å². The normalized spacial score (nSPS) is 12.4. The summed E-state index contributed by atoms with van der Waals surface area (Å²) >= 11 is 0. The van der Waals surface area contributed by atoms with Crippen LogP contribution in [0.25, 0.3) is 0 Å². The monoisotopic (exact) mass is 263 g/mol. The Hall–Kier alpha value is -1.94. The number of rotatable bonds is 4. The zero-order chi connectivity index (χ0) is 13.8. The number of phenols is 1. The molecule has 0 spiro atoms. The maximum Gasteiger partial charge on any atom is 0.130 e. The Morgan fingerprint density at radius 3 is 2.21 bits per heavy atom. The zero-order valence-corrected chi connectivity index (χ0v) is 10.5. The van der Waals surface area contributed by atoms with Gasteiger partial charge in [-0.25, -0.2) is 8.78 Å². The molecule has 0 bridgehead atoms. The minimum atomic E-state index is -0.550. The van der Waals surface area contributed by atoms with Gasteiger partial charge < -0.3 is 10.4 Å². The van der Waals surface area contributed by atoms with Crippen LogP contribution in [0.4, 0.5) is 8.78 Å². The summed E-state index contributed by atoms with van der Waals surface area (Å²) in [6.07, 6.45) is 0. The number of hydrogen-bond acceptors (Lipinski definition) is 2. The fraction of sp³-hybridized carbons (Fsp3) is 0.200. The van der Waals surface area contributed by atoms with Crippen molar-refractivity contribution < 1.29 is 13.9 Å². The first kappa shape index (κ1) is 13.5. The molecule has 19 heavy (non-hydrogen) atoms. The highest BCUT2D eigenvalue weighted by Gasteiger charge is 2.15. The molecule has 0 saturated carbocycles. The molecule has 0 aliphatic heterocycles. The van der Waals surface area contributed by atoms with Crippen LogP contribution in [0.1, 0.15) is 24.1 Å². The quantitative estimate of drug-likeness (QED) is 0.884. The smallest absolute Gasteiger partial charge is 0.130 e. The first-order valence-electron chi connectivity index (χ1n) is 6.03. The summed E-state index contributed by atoms with van der Waals surface area (Å²) < 4.78 is 27.1. The van der Waals surface area contributed by atoms with Crippen LogP contribution in [0, 0.1) is 11.6 Å². The molecule has 0 fully saturated rings. The topological polar surface area (TPSA) is 32.3 Å². The molecule has 1 atom stereocenters. The summed E-state index contributed by atoms with van der Waals surface area (Å²) in [5.41, 5.74) is 0.975. The molecule has 4 heteroatoms. The Labute approximate surface area is 110 Å². The van der Waals surface area contributed by atoms with E-state index in [-0.39, 0.29) is 11.3 Å². The third-order valence-electron chi connectivity index (χ3n) is 2.98. The van der Waals surface area contributed by atoms with E-state index in [0.717, 1.165) is 5.56 Å². The highest BCUT2D eigenvalue weighted by atomic mass is 19.1. The summed E-state index contributed by atoms with van der Waals surface area (Å²) in [4.78, 5) is 0. The van der Waals surface area contributed by atoms with Gasteiger partial charge in [-0.1, -0.05) is 18.2 Å². The van der Waals surface area contributed by atoms with Gasteiger partial charge in [-0.2, -0.15) is 0 Å². The molecule has 2 aromatic rings. The van der Waals surface area contributed by atoms with Crippen LogP contribution in [-0.2, 0) is 6.54 Å². The van der Waals surface area contributed by atoms with Gasteiger partial charge in [0.05, 0.1) is 0 Å². The molecule has 2 rings (SSSR count). The first-order valence-corrected chi connectivity index (χ1v) is 6.03. The van der Waals surface area contributed by atoms with Crippen molar-refractivity contribution in [2.75, 3.05) is 0 Å². The Morgan fingerprint density at radius 2 is 1.63 bits per heavy atom. The predicted octanol–water partition coefficient (Wildman–Crippen LogP) is 3.52. The lowest BCUT2D eigenvalue weighted by Crippen LogP contribution is -2.20. The van der Waals surface area contributed by atoms with Crippen molar-refractivity contribution in [2.45, 2.75) is 19.5 Å². The van der Waals surface area contributed by atoms with E-state index in [9.17, 15) is 8.78 Å². The molecular formula is C15H15F2NO. The summed E-state index contributed by atoms with van der Waals surface area (Å²) in [6.45, 7) is 2.18. The van der Waals surface area contributed by atoms with Crippen LogP contribution in [0.2, 0.25) is 0 Å². The van der Waals surface area contributed by atoms with Crippen molar-refractivity contribution in [2.24, 2.45) is 0 Å². The summed E-state index contributed by atoms with van der Waals surface area (Å²) in [6, 6.07) is 10.1. The van der Waals surface area contributed by atoms with Crippen LogP contribution in [0.3, 0.4) is 0 Å². The zero-order valence-electron chi connectivity index (χ0n) is 10.5. The third-order valence-corrected chi connectivity index (χ3v) is 2.98. The number of phenolic OH excluding ortho intramolecular Hbond substituents is 1. The number of hydrogen-bond donors (Lipinski definition) is 2. The molecule has 0 saturated heterocycles. The minimum absolute atomic E-state index is 0.0429. The lowest BCUT2D eigenvalue weighted by atomic mass is 10.1. The fourth-order valence-corrected chi connectivity index (χ4v) is 1.91. The molecular weight excluding hydrogens is 248 g/mol. The molecule has 1 unspecified atom stereocenters. The molecule has 0 aromatic heterocycles. The van der Waals surface area contributed by atoms with Crippen molar-refractivity contribution in [1.29, 1.82) is 0 Å². The summed E-state index contributed by atoms with van der Waals surface area (Å²) in [7, 11) is 0. The summed E-state index contributed by atoms with van der Waals surface area (Å²) in [5.74, 6) is -0.909. The number of benzene rings is 2. The molecule has 2 nitrogen and oxygen atoms in total. The molecule has 0 radical (unpaired) electrons. The van der Waals surface area contributed by atoms with E-state index in [1.165, 1.54) is 18.2 Å². The summed E-state index contributed by atoms with van der Waals surface area (Å²) in [5, 5.41) is 12.2. The van der Waals surface area contributed by atoms with Gasteiger partial charge in [0.2, 0.25) is 0 Å². The fourth-order valence-electron chi connectivity index (χ4n) is 1.91. The SMILES string of the molecule is CC(NCc1ccc(O)cc1)c1c(F)cccc1F. The van der Waals surface area contributed by atoms with Crippen molar-refractivity contribution in [3.8, 4) is 5.75 Å². The highest BCUT2D eigenvalue weighted by Crippen LogP contribution is 2.20. The van der Waals surface area contributed by atoms with Gasteiger partial charge in [-0.05, 0) is 36.8 Å². The number of halogens is 2. The van der Waals surface area contributed by atoms with Crippen LogP contribution in [-0.4, -0.2) is 5.11 Å². The van der Waals surface area contributed by atoms with Crippen LogP contribution < -0.4 is 5.32 Å². The second-order valence-electron chi connectivity index (χ2n) is 4.40. The Balaban J connectivity index is 2.05. The predicted molar refractivity (Wildman–Crippen MR) is 69.7 cm³/mol. The van der Waals surface area contributed by atoms with Gasteiger partial charge in [-0.3, -0.25) is 0 Å².